The Hall–Kier alpha value is -3.43. The number of anilines is 1. The predicted octanol–water partition coefficient (Wildman–Crippen LogP) is 6.88. The lowest BCUT2D eigenvalue weighted by Gasteiger charge is -2.30. The Morgan fingerprint density at radius 2 is 1.92 bits per heavy atom. The number of nitrogens with zero attached hydrogens (tertiary/aromatic N) is 4. The van der Waals surface area contributed by atoms with Crippen LogP contribution in [0.5, 0.6) is 5.88 Å². The number of hydrogen-bond donors (Lipinski definition) is 0. The van der Waals surface area contributed by atoms with Crippen molar-refractivity contribution in [1.82, 2.24) is 9.88 Å². The van der Waals surface area contributed by atoms with Crippen molar-refractivity contribution >= 4 is 17.8 Å². The average Bonchev–Trinajstić information content (AvgIpc) is 2.89. The van der Waals surface area contributed by atoms with E-state index in [0.29, 0.717) is 11.6 Å². The first kappa shape index (κ1) is 30.8. The number of pyridine rings is 1. The largest absolute Gasteiger partial charge is 0.473 e. The molecule has 1 heterocycles. The van der Waals surface area contributed by atoms with Gasteiger partial charge in [-0.15, -0.1) is 0 Å². The van der Waals surface area contributed by atoms with Gasteiger partial charge < -0.3 is 9.64 Å². The summed E-state index contributed by atoms with van der Waals surface area (Å²) in [5.74, 6) is -5.95. The summed E-state index contributed by atoms with van der Waals surface area (Å²) in [5.41, 5.74) is 0.997. The molecule has 1 amide bonds. The molecule has 0 saturated carbocycles. The van der Waals surface area contributed by atoms with E-state index in [4.69, 9.17) is 4.74 Å². The average molecular weight is 537 g/mol. The lowest BCUT2D eigenvalue weighted by molar-refractivity contribution is -0.00909. The summed E-state index contributed by atoms with van der Waals surface area (Å²) in [6.07, 6.45) is 4.66. The summed E-state index contributed by atoms with van der Waals surface area (Å²) in [6.45, 7) is 10.2. The van der Waals surface area contributed by atoms with Crippen molar-refractivity contribution in [2.45, 2.75) is 66.3 Å². The third-order valence-electron chi connectivity index (χ3n) is 6.30. The van der Waals surface area contributed by atoms with E-state index in [9.17, 15) is 18.0 Å². The molecule has 6 nitrogen and oxygen atoms in total. The summed E-state index contributed by atoms with van der Waals surface area (Å²) < 4.78 is 62.8. The SMILES string of the molecule is CC/C(C)=C/C=N\N(C)c1ccc(C)c(F)c1C(=O)N(CC)[C@@H](C)COc1ncc(C(F)(F)CC)cc1F. The van der Waals surface area contributed by atoms with E-state index < -0.39 is 47.4 Å². The number of amides is 1. The number of aryl methyl sites for hydroxylation is 1. The highest BCUT2D eigenvalue weighted by Gasteiger charge is 2.31. The van der Waals surface area contributed by atoms with Gasteiger partial charge in [-0.1, -0.05) is 25.5 Å². The van der Waals surface area contributed by atoms with Gasteiger partial charge in [-0.2, -0.15) is 5.10 Å². The molecular formula is C28H36F4N4O2. The number of likely N-dealkylation sites (N-methyl/N-ethyl adjacent to an activating group) is 1. The van der Waals surface area contributed by atoms with Crippen molar-refractivity contribution in [1.29, 1.82) is 0 Å². The van der Waals surface area contributed by atoms with Gasteiger partial charge in [0, 0.05) is 38.0 Å². The first-order valence-electron chi connectivity index (χ1n) is 12.6. The molecular weight excluding hydrogens is 500 g/mol. The predicted molar refractivity (Wildman–Crippen MR) is 142 cm³/mol. The van der Waals surface area contributed by atoms with Gasteiger partial charge in [-0.3, -0.25) is 9.80 Å². The number of benzene rings is 1. The minimum absolute atomic E-state index is 0.148. The Bertz CT molecular complexity index is 1180. The van der Waals surface area contributed by atoms with Crippen LogP contribution in [-0.4, -0.2) is 48.2 Å². The second-order valence-corrected chi connectivity index (χ2v) is 9.07. The molecule has 0 fully saturated rings. The fourth-order valence-electron chi connectivity index (χ4n) is 3.61. The van der Waals surface area contributed by atoms with Crippen LogP contribution >= 0.6 is 0 Å². The first-order chi connectivity index (χ1) is 17.9. The molecule has 1 atom stereocenters. The second-order valence-electron chi connectivity index (χ2n) is 9.07. The maximum atomic E-state index is 15.3. The Kier molecular flexibility index (Phi) is 10.9. The number of aromatic nitrogens is 1. The molecule has 0 N–H and O–H groups in total. The van der Waals surface area contributed by atoms with Crippen LogP contribution in [0, 0.1) is 18.6 Å². The highest BCUT2D eigenvalue weighted by molar-refractivity contribution is 6.00. The van der Waals surface area contributed by atoms with E-state index in [0.717, 1.165) is 18.2 Å². The number of hydrogen-bond acceptors (Lipinski definition) is 5. The molecule has 0 spiro atoms. The summed E-state index contributed by atoms with van der Waals surface area (Å²) in [5, 5.41) is 5.74. The molecule has 1 aromatic carbocycles. The van der Waals surface area contributed by atoms with Crippen molar-refractivity contribution in [3.05, 3.63) is 64.4 Å². The summed E-state index contributed by atoms with van der Waals surface area (Å²) >= 11 is 0. The maximum absolute atomic E-state index is 15.3. The molecule has 2 aromatic rings. The molecule has 38 heavy (non-hydrogen) atoms. The van der Waals surface area contributed by atoms with Crippen LogP contribution in [0.1, 0.15) is 68.9 Å². The molecule has 0 saturated heterocycles. The quantitative estimate of drug-likeness (QED) is 0.169. The highest BCUT2D eigenvalue weighted by atomic mass is 19.3. The molecule has 2 rings (SSSR count). The van der Waals surface area contributed by atoms with Gasteiger partial charge in [0.25, 0.3) is 11.8 Å². The lowest BCUT2D eigenvalue weighted by atomic mass is 10.1. The number of allylic oxidation sites excluding steroid dienone is 2. The monoisotopic (exact) mass is 536 g/mol. The van der Waals surface area contributed by atoms with Crippen molar-refractivity contribution in [2.24, 2.45) is 5.10 Å². The van der Waals surface area contributed by atoms with E-state index in [1.165, 1.54) is 16.8 Å². The summed E-state index contributed by atoms with van der Waals surface area (Å²) in [4.78, 5) is 18.7. The van der Waals surface area contributed by atoms with E-state index in [1.807, 2.05) is 19.9 Å². The van der Waals surface area contributed by atoms with E-state index in [1.54, 1.807) is 46.2 Å². The Balaban J connectivity index is 2.28. The van der Waals surface area contributed by atoms with Crippen LogP contribution < -0.4 is 9.75 Å². The van der Waals surface area contributed by atoms with Crippen molar-refractivity contribution in [3.63, 3.8) is 0 Å². The molecule has 0 aliphatic heterocycles. The molecule has 0 aliphatic rings. The highest BCUT2D eigenvalue weighted by Crippen LogP contribution is 2.32. The molecule has 1 aromatic heterocycles. The topological polar surface area (TPSA) is 58.0 Å². The van der Waals surface area contributed by atoms with Gasteiger partial charge in [-0.05, 0) is 57.9 Å². The van der Waals surface area contributed by atoms with Crippen molar-refractivity contribution in [3.8, 4) is 5.88 Å². The van der Waals surface area contributed by atoms with Crippen LogP contribution in [0.3, 0.4) is 0 Å². The number of hydrazone groups is 1. The first-order valence-corrected chi connectivity index (χ1v) is 12.6. The van der Waals surface area contributed by atoms with E-state index >= 15 is 4.39 Å². The fourth-order valence-corrected chi connectivity index (χ4v) is 3.61. The Morgan fingerprint density at radius 3 is 2.50 bits per heavy atom. The van der Waals surface area contributed by atoms with Crippen LogP contribution in [0.15, 0.2) is 41.1 Å². The van der Waals surface area contributed by atoms with Crippen LogP contribution in [0.25, 0.3) is 0 Å². The molecule has 208 valence electrons. The molecule has 0 aliphatic carbocycles. The number of alkyl halides is 2. The Labute approximate surface area is 222 Å². The van der Waals surface area contributed by atoms with Gasteiger partial charge in [0.1, 0.15) is 18.0 Å². The number of halogens is 4. The van der Waals surface area contributed by atoms with Gasteiger partial charge >= 0.3 is 0 Å². The fraction of sp³-hybridized carbons (Fsp3) is 0.464. The lowest BCUT2D eigenvalue weighted by Crippen LogP contribution is -2.42. The molecule has 10 heteroatoms. The standard InChI is InChI=1S/C28H36F4N4O2/c1-8-18(4)13-14-34-35(7)23-12-11-19(5)25(30)24(23)27(37)36(10-3)20(6)17-38-26-22(29)15-21(16-33-26)28(31,32)9-2/h11-16,20H,8-10,17H2,1-7H3/b18-13+,34-14-/t20-/m0/s1. The van der Waals surface area contributed by atoms with E-state index in [-0.39, 0.29) is 24.4 Å². The third kappa shape index (κ3) is 7.33. The smallest absolute Gasteiger partial charge is 0.274 e. The molecule has 0 bridgehead atoms. The Morgan fingerprint density at radius 1 is 1.24 bits per heavy atom. The normalized spacial score (nSPS) is 13.1. The number of ether oxygens (including phenoxy) is 1. The zero-order valence-electron chi connectivity index (χ0n) is 23.0. The minimum Gasteiger partial charge on any atom is -0.473 e. The number of carbonyl (C=O) groups excluding carboxylic acids is 1. The van der Waals surface area contributed by atoms with Crippen molar-refractivity contribution in [2.75, 3.05) is 25.2 Å². The zero-order chi connectivity index (χ0) is 28.6. The molecule has 0 radical (unpaired) electrons. The minimum atomic E-state index is -3.21. The number of rotatable bonds is 12. The zero-order valence-corrected chi connectivity index (χ0v) is 23.0. The van der Waals surface area contributed by atoms with E-state index in [2.05, 4.69) is 10.1 Å². The van der Waals surface area contributed by atoms with Crippen LogP contribution in [-0.2, 0) is 5.92 Å². The summed E-state index contributed by atoms with van der Waals surface area (Å²) in [6, 6.07) is 3.27. The third-order valence-corrected chi connectivity index (χ3v) is 6.30. The van der Waals surface area contributed by atoms with Gasteiger partial charge in [0.2, 0.25) is 5.88 Å². The van der Waals surface area contributed by atoms with Gasteiger partial charge in [-0.25, -0.2) is 22.5 Å². The van der Waals surface area contributed by atoms with Crippen molar-refractivity contribution < 1.29 is 27.1 Å². The van der Waals surface area contributed by atoms with Gasteiger partial charge in [0.15, 0.2) is 5.82 Å². The molecule has 0 unspecified atom stereocenters. The van der Waals surface area contributed by atoms with Gasteiger partial charge in [0.05, 0.1) is 11.7 Å². The maximum Gasteiger partial charge on any atom is 0.274 e. The van der Waals surface area contributed by atoms with Crippen LogP contribution in [0.2, 0.25) is 0 Å². The number of carbonyl (C=O) groups is 1. The summed E-state index contributed by atoms with van der Waals surface area (Å²) in [7, 11) is 1.62. The second kappa shape index (κ2) is 13.4. The van der Waals surface area contributed by atoms with Crippen LogP contribution in [0.4, 0.5) is 23.2 Å².